The molecule has 12 atom stereocenters. The molecule has 27 nitrogen and oxygen atoms in total. The molecule has 0 bridgehead atoms. The number of nitrogens with zero attached hydrogens (tertiary/aromatic N) is 9. The lowest BCUT2D eigenvalue weighted by molar-refractivity contribution is -0.162. The third-order valence-electron chi connectivity index (χ3n) is 19.1. The number of esters is 1. The van der Waals surface area contributed by atoms with Crippen LogP contribution >= 0.6 is 0 Å². The van der Waals surface area contributed by atoms with Crippen molar-refractivity contribution in [3.8, 4) is 0 Å². The van der Waals surface area contributed by atoms with Gasteiger partial charge in [0.1, 0.15) is 60.5 Å². The van der Waals surface area contributed by atoms with Crippen molar-refractivity contribution in [2.45, 2.75) is 265 Å². The summed E-state index contributed by atoms with van der Waals surface area (Å²) in [6, 6.07) is 0.858. The molecule has 0 aliphatic carbocycles. The average Bonchev–Trinajstić information content (AvgIpc) is 0.805. The van der Waals surface area contributed by atoms with Crippen molar-refractivity contribution in [3.63, 3.8) is 0 Å². The highest BCUT2D eigenvalue weighted by atomic mass is 16.5. The number of unbranched alkanes of at least 4 members (excludes halogenated alkanes) is 3. The summed E-state index contributed by atoms with van der Waals surface area (Å²) in [5.41, 5.74) is 1.49. The predicted molar refractivity (Wildman–Crippen MR) is 395 cm³/mol. The van der Waals surface area contributed by atoms with Crippen molar-refractivity contribution in [1.29, 1.82) is 0 Å². The molecule has 0 aromatic heterocycles. The molecule has 3 rings (SSSR count). The van der Waals surface area contributed by atoms with E-state index in [4.69, 9.17) is 4.74 Å². The van der Waals surface area contributed by atoms with Crippen LogP contribution in [0, 0.1) is 5.92 Å². The standard InChI is InChI=1S/C76H121N13O14/c1-19-27-38-58-67(92)80-57(33-23-5)72(97)85(14)59(39-28-20-2)68(93)77-50(10)66(91)78-51(11)70(95)86(15)60(34-24-6)73(98)88(17)62(40-29-21-3)74(99)87(16)61(35-25-7)75(100)89(18)65(69(94)79-55(26-8)71(96)84(13)48-83(58)12)63(47-49(9)32-22-4)103-64(90)46-43-52-36-30-31-37-56(52)82-81-54-44-41-53(42-45-54)76(101)102/h22,30-32,36-37,41-42,44-45,49-51,55,57-63,65H,19-21,23-29,33-35,38-40,43,46-48H2,1-18H3,(H,77,93)(H,78,91)(H,79,94)(H,80,92)(H,101,102)/b32-22+,82-81?. The summed E-state index contributed by atoms with van der Waals surface area (Å²) < 4.78 is 6.43. The number of hydrogen-bond donors (Lipinski definition) is 5. The number of likely N-dealkylation sites (N-methyl/N-ethyl adjacent to an activating group) is 7. The van der Waals surface area contributed by atoms with Gasteiger partial charge in [-0.2, -0.15) is 10.2 Å². The number of nitrogens with one attached hydrogen (secondary N) is 4. The number of ether oxygens (including phenoxy) is 1. The second-order valence-corrected chi connectivity index (χ2v) is 27.4. The number of carbonyl (C=O) groups excluding carboxylic acids is 11. The lowest BCUT2D eigenvalue weighted by atomic mass is 9.95. The Balaban J connectivity index is 2.36. The van der Waals surface area contributed by atoms with Crippen LogP contribution in [-0.2, 0) is 63.9 Å². The van der Waals surface area contributed by atoms with E-state index in [-0.39, 0.29) is 75.9 Å². The third kappa shape index (κ3) is 26.2. The number of amides is 10. The van der Waals surface area contributed by atoms with Gasteiger partial charge in [-0.1, -0.05) is 144 Å². The van der Waals surface area contributed by atoms with Crippen LogP contribution in [0.1, 0.15) is 208 Å². The van der Waals surface area contributed by atoms with Gasteiger partial charge >= 0.3 is 11.9 Å². The minimum Gasteiger partial charge on any atom is -0.478 e. The van der Waals surface area contributed by atoms with Crippen LogP contribution in [0.15, 0.2) is 70.9 Å². The van der Waals surface area contributed by atoms with E-state index < -0.39 is 138 Å². The summed E-state index contributed by atoms with van der Waals surface area (Å²) in [4.78, 5) is 185. The van der Waals surface area contributed by atoms with Crippen molar-refractivity contribution in [3.05, 3.63) is 71.8 Å². The molecule has 10 amide bonds. The van der Waals surface area contributed by atoms with Crippen molar-refractivity contribution in [2.75, 3.05) is 56.0 Å². The van der Waals surface area contributed by atoms with Crippen LogP contribution < -0.4 is 21.3 Å². The minimum absolute atomic E-state index is 0.0109. The van der Waals surface area contributed by atoms with Crippen molar-refractivity contribution < 1.29 is 67.4 Å². The number of carboxylic acid groups (broad SMARTS) is 1. The van der Waals surface area contributed by atoms with Gasteiger partial charge in [-0.15, -0.1) is 0 Å². The van der Waals surface area contributed by atoms with Gasteiger partial charge in [-0.3, -0.25) is 57.6 Å². The molecular weight excluding hydrogens is 1320 g/mol. The van der Waals surface area contributed by atoms with E-state index in [1.54, 1.807) is 49.2 Å². The molecule has 1 aliphatic heterocycles. The summed E-state index contributed by atoms with van der Waals surface area (Å²) in [5, 5.41) is 29.4. The molecule has 574 valence electrons. The number of carboxylic acids is 1. The van der Waals surface area contributed by atoms with E-state index in [9.17, 15) is 43.5 Å². The van der Waals surface area contributed by atoms with Crippen molar-refractivity contribution in [2.24, 2.45) is 16.1 Å². The van der Waals surface area contributed by atoms with Gasteiger partial charge in [0.15, 0.2) is 0 Å². The summed E-state index contributed by atoms with van der Waals surface area (Å²) in [6.45, 7) is 19.5. The number of carbonyl (C=O) groups is 12. The normalized spacial score (nSPS) is 23.9. The molecule has 2 aromatic rings. The van der Waals surface area contributed by atoms with Crippen LogP contribution in [0.3, 0.4) is 0 Å². The van der Waals surface area contributed by atoms with E-state index in [2.05, 4.69) is 31.5 Å². The lowest BCUT2D eigenvalue weighted by Crippen LogP contribution is -2.63. The first kappa shape index (κ1) is 88.6. The van der Waals surface area contributed by atoms with Gasteiger partial charge in [0.05, 0.1) is 29.6 Å². The van der Waals surface area contributed by atoms with E-state index >= 15 is 19.2 Å². The van der Waals surface area contributed by atoms with Crippen LogP contribution in [-0.4, -0.2) is 233 Å². The molecule has 1 saturated heterocycles. The summed E-state index contributed by atoms with van der Waals surface area (Å²) in [5.74, 6) is -8.58. The molecule has 0 spiro atoms. The predicted octanol–water partition coefficient (Wildman–Crippen LogP) is 8.47. The quantitative estimate of drug-likeness (QED) is 0.0318. The fourth-order valence-corrected chi connectivity index (χ4v) is 12.9. The summed E-state index contributed by atoms with van der Waals surface area (Å²) >= 11 is 0. The second-order valence-electron chi connectivity index (χ2n) is 27.4. The maximum atomic E-state index is 15.8. The van der Waals surface area contributed by atoms with E-state index in [1.165, 1.54) is 105 Å². The minimum atomic E-state index is -1.65. The Labute approximate surface area is 611 Å². The van der Waals surface area contributed by atoms with Gasteiger partial charge in [0.2, 0.25) is 59.1 Å². The first-order valence-electron chi connectivity index (χ1n) is 37.0. The largest absolute Gasteiger partial charge is 0.478 e. The van der Waals surface area contributed by atoms with Crippen molar-refractivity contribution >= 4 is 82.4 Å². The van der Waals surface area contributed by atoms with Gasteiger partial charge < -0.3 is 60.5 Å². The molecule has 1 heterocycles. The number of benzene rings is 2. The number of aromatic carboxylic acids is 1. The van der Waals surface area contributed by atoms with E-state index in [1.807, 2.05) is 61.5 Å². The number of azo groups is 1. The zero-order chi connectivity index (χ0) is 77.4. The zero-order valence-electron chi connectivity index (χ0n) is 64.6. The van der Waals surface area contributed by atoms with Gasteiger partial charge in [0.25, 0.3) is 0 Å². The maximum Gasteiger partial charge on any atom is 0.335 e. The fraction of sp³-hybridized carbons (Fsp3) is 0.658. The van der Waals surface area contributed by atoms with Gasteiger partial charge in [-0.05, 0) is 127 Å². The Bertz CT molecular complexity index is 3200. The Morgan fingerprint density at radius 3 is 1.55 bits per heavy atom. The SMILES string of the molecule is C/C=C/C(C)CC(OC(=O)CCc1ccccc1N=Nc1ccc(C(=O)O)cc1)C1C(=O)NC(CC)C(=O)N(C)CN(C)C(CCCC)C(=O)NC(CCC)C(=O)N(C)C(CCCC)C(=O)NC(C)C(=O)NC(C)C(=O)N(C)C(CCC)C(=O)N(C)C(CCCC)C(=O)N(C)C(CCC)C(=O)N1C. The zero-order valence-corrected chi connectivity index (χ0v) is 64.6. The Morgan fingerprint density at radius 1 is 0.534 bits per heavy atom. The lowest BCUT2D eigenvalue weighted by Gasteiger charge is -2.40. The molecule has 27 heteroatoms. The van der Waals surface area contributed by atoms with Crippen LogP contribution in [0.5, 0.6) is 0 Å². The van der Waals surface area contributed by atoms with Gasteiger partial charge in [-0.25, -0.2) is 4.79 Å². The van der Waals surface area contributed by atoms with Crippen molar-refractivity contribution in [1.82, 2.24) is 55.6 Å². The summed E-state index contributed by atoms with van der Waals surface area (Å²) in [6.07, 6.45) is 8.12. The molecule has 2 aromatic carbocycles. The third-order valence-corrected chi connectivity index (χ3v) is 19.1. The summed E-state index contributed by atoms with van der Waals surface area (Å²) in [7, 11) is 10.4. The molecule has 1 fully saturated rings. The molecule has 103 heavy (non-hydrogen) atoms. The maximum absolute atomic E-state index is 15.8. The Morgan fingerprint density at radius 2 is 1.02 bits per heavy atom. The van der Waals surface area contributed by atoms with Gasteiger partial charge in [0, 0.05) is 48.7 Å². The van der Waals surface area contributed by atoms with Crippen LogP contribution in [0.2, 0.25) is 0 Å². The Kier molecular flexibility index (Phi) is 38.5. The topological polar surface area (TPSA) is 330 Å². The average molecular weight is 1440 g/mol. The number of aryl methyl sites for hydroxylation is 1. The molecule has 12 unspecified atom stereocenters. The highest BCUT2D eigenvalue weighted by Gasteiger charge is 2.45. The first-order chi connectivity index (χ1) is 48.8. The highest BCUT2D eigenvalue weighted by Crippen LogP contribution is 2.28. The highest BCUT2D eigenvalue weighted by molar-refractivity contribution is 5.99. The number of hydrogen-bond acceptors (Lipinski definition) is 16. The fourth-order valence-electron chi connectivity index (χ4n) is 12.9. The molecule has 0 saturated carbocycles. The van der Waals surface area contributed by atoms with Crippen LogP contribution in [0.4, 0.5) is 11.4 Å². The van der Waals surface area contributed by atoms with Crippen LogP contribution in [0.25, 0.3) is 0 Å². The van der Waals surface area contributed by atoms with E-state index in [0.29, 0.717) is 81.1 Å². The number of allylic oxidation sites excluding steroid dienone is 2. The molecular formula is C76H121N13O14. The number of rotatable bonds is 27. The molecule has 1 aliphatic rings. The first-order valence-corrected chi connectivity index (χ1v) is 37.0. The Hall–Kier alpha value is -8.62. The van der Waals surface area contributed by atoms with E-state index in [0.717, 1.165) is 4.90 Å². The molecule has 5 N–H and O–H groups in total. The smallest absolute Gasteiger partial charge is 0.335 e. The molecule has 0 radical (unpaired) electrons. The monoisotopic (exact) mass is 1440 g/mol. The second kappa shape index (κ2) is 44.8.